The van der Waals surface area contributed by atoms with Crippen molar-refractivity contribution >= 4 is 34.8 Å². The normalized spacial score (nSPS) is 9.90. The quantitative estimate of drug-likeness (QED) is 0.901. The molecule has 0 bridgehead atoms. The lowest BCUT2D eigenvalue weighted by molar-refractivity contribution is 0.102. The summed E-state index contributed by atoms with van der Waals surface area (Å²) in [7, 11) is 0. The molecule has 0 atom stereocenters. The molecule has 2 rings (SSSR count). The molecule has 1 N–H and O–H groups in total. The molecule has 1 amide bonds. The van der Waals surface area contributed by atoms with Crippen LogP contribution in [0.15, 0.2) is 36.4 Å². The molecule has 2 aromatic carbocycles. The van der Waals surface area contributed by atoms with E-state index in [1.807, 2.05) is 6.07 Å². The maximum Gasteiger partial charge on any atom is 0.258 e. The summed E-state index contributed by atoms with van der Waals surface area (Å²) < 4.78 is 13.7. The fourth-order valence-electron chi connectivity index (χ4n) is 1.56. The largest absolute Gasteiger partial charge is 0.320 e. The van der Waals surface area contributed by atoms with E-state index in [4.69, 9.17) is 28.5 Å². The van der Waals surface area contributed by atoms with E-state index in [0.29, 0.717) is 5.56 Å². The third-order valence-electron chi connectivity index (χ3n) is 2.54. The minimum Gasteiger partial charge on any atom is -0.320 e. The molecule has 100 valence electrons. The van der Waals surface area contributed by atoms with Crippen LogP contribution in [0, 0.1) is 17.1 Å². The van der Waals surface area contributed by atoms with Crippen LogP contribution in [-0.2, 0) is 0 Å². The van der Waals surface area contributed by atoms with E-state index >= 15 is 0 Å². The Balaban J connectivity index is 2.33. The van der Waals surface area contributed by atoms with Gasteiger partial charge in [-0.3, -0.25) is 4.79 Å². The second kappa shape index (κ2) is 5.91. The summed E-state index contributed by atoms with van der Waals surface area (Å²) in [5.41, 5.74) is 0.363. The van der Waals surface area contributed by atoms with Gasteiger partial charge in [-0.15, -0.1) is 0 Å². The van der Waals surface area contributed by atoms with Crippen molar-refractivity contribution in [2.45, 2.75) is 0 Å². The van der Waals surface area contributed by atoms with Crippen LogP contribution in [0.3, 0.4) is 0 Å². The molecule has 3 nitrogen and oxygen atoms in total. The number of carbonyl (C=O) groups excluding carboxylic acids is 1. The second-order valence-corrected chi connectivity index (χ2v) is 4.68. The molecule has 0 aliphatic rings. The maximum atomic E-state index is 13.7. The molecule has 20 heavy (non-hydrogen) atoms. The van der Waals surface area contributed by atoms with Gasteiger partial charge < -0.3 is 5.32 Å². The van der Waals surface area contributed by atoms with Crippen molar-refractivity contribution in [3.63, 3.8) is 0 Å². The van der Waals surface area contributed by atoms with Crippen molar-refractivity contribution < 1.29 is 9.18 Å². The molecule has 0 heterocycles. The Morgan fingerprint density at radius 2 is 1.95 bits per heavy atom. The van der Waals surface area contributed by atoms with Gasteiger partial charge in [-0.1, -0.05) is 29.3 Å². The summed E-state index contributed by atoms with van der Waals surface area (Å²) in [6.07, 6.45) is 0. The van der Waals surface area contributed by atoms with E-state index in [2.05, 4.69) is 5.32 Å². The van der Waals surface area contributed by atoms with Crippen molar-refractivity contribution in [1.82, 2.24) is 0 Å². The highest BCUT2D eigenvalue weighted by atomic mass is 35.5. The predicted octanol–water partition coefficient (Wildman–Crippen LogP) is 4.26. The Morgan fingerprint density at radius 3 is 2.65 bits per heavy atom. The first-order valence-electron chi connectivity index (χ1n) is 5.48. The summed E-state index contributed by atoms with van der Waals surface area (Å²) in [6.45, 7) is 0. The highest BCUT2D eigenvalue weighted by molar-refractivity contribution is 6.34. The molecule has 0 saturated carbocycles. The van der Waals surface area contributed by atoms with Crippen LogP contribution in [0.5, 0.6) is 0 Å². The lowest BCUT2D eigenvalue weighted by Gasteiger charge is -2.08. The molecule has 0 spiro atoms. The van der Waals surface area contributed by atoms with Crippen LogP contribution in [0.4, 0.5) is 10.1 Å². The van der Waals surface area contributed by atoms with Gasteiger partial charge >= 0.3 is 0 Å². The first-order chi connectivity index (χ1) is 9.52. The van der Waals surface area contributed by atoms with Crippen LogP contribution in [0.25, 0.3) is 0 Å². The highest BCUT2D eigenvalue weighted by Gasteiger charge is 2.15. The molecule has 0 fully saturated rings. The third-order valence-corrected chi connectivity index (χ3v) is 3.16. The van der Waals surface area contributed by atoms with Gasteiger partial charge in [0.05, 0.1) is 32.9 Å². The molecule has 6 heteroatoms. The predicted molar refractivity (Wildman–Crippen MR) is 75.5 cm³/mol. The topological polar surface area (TPSA) is 52.9 Å². The van der Waals surface area contributed by atoms with E-state index in [-0.39, 0.29) is 21.3 Å². The van der Waals surface area contributed by atoms with Crippen molar-refractivity contribution in [3.8, 4) is 6.07 Å². The molecule has 0 unspecified atom stereocenters. The van der Waals surface area contributed by atoms with Gasteiger partial charge in [-0.2, -0.15) is 5.26 Å². The van der Waals surface area contributed by atoms with Crippen molar-refractivity contribution in [3.05, 3.63) is 63.4 Å². The summed E-state index contributed by atoms with van der Waals surface area (Å²) in [6, 6.07) is 10.4. The van der Waals surface area contributed by atoms with E-state index in [1.54, 1.807) is 0 Å². The number of rotatable bonds is 2. The number of nitrogens with zero attached hydrogens (tertiary/aromatic N) is 1. The van der Waals surface area contributed by atoms with Gasteiger partial charge in [0.2, 0.25) is 0 Å². The van der Waals surface area contributed by atoms with Gasteiger partial charge in [0, 0.05) is 0 Å². The Kier molecular flexibility index (Phi) is 4.23. The lowest BCUT2D eigenvalue weighted by Crippen LogP contribution is -2.14. The second-order valence-electron chi connectivity index (χ2n) is 3.86. The lowest BCUT2D eigenvalue weighted by atomic mass is 10.1. The first-order valence-corrected chi connectivity index (χ1v) is 6.23. The molecule has 2 aromatic rings. The van der Waals surface area contributed by atoms with E-state index in [1.165, 1.54) is 36.4 Å². The zero-order chi connectivity index (χ0) is 14.7. The number of halogens is 3. The number of carbonyl (C=O) groups is 1. The standard InChI is InChI=1S/C14H7Cl2FN2O/c15-10-5-4-8(7-18)6-12(10)19-14(20)9-2-1-3-11(16)13(9)17/h1-6H,(H,19,20). The van der Waals surface area contributed by atoms with Crippen LogP contribution >= 0.6 is 23.2 Å². The van der Waals surface area contributed by atoms with Gasteiger partial charge in [0.1, 0.15) is 0 Å². The molecular weight excluding hydrogens is 302 g/mol. The minimum atomic E-state index is -0.806. The van der Waals surface area contributed by atoms with Gasteiger partial charge in [-0.25, -0.2) is 4.39 Å². The number of nitriles is 1. The summed E-state index contributed by atoms with van der Waals surface area (Å²) in [5.74, 6) is -1.50. The van der Waals surface area contributed by atoms with Gasteiger partial charge in [0.25, 0.3) is 5.91 Å². The number of anilines is 1. The number of amides is 1. The average Bonchev–Trinajstić information content (AvgIpc) is 2.44. The molecule has 0 aromatic heterocycles. The Bertz CT molecular complexity index is 726. The number of benzene rings is 2. The minimum absolute atomic E-state index is 0.144. The van der Waals surface area contributed by atoms with E-state index in [0.717, 1.165) is 0 Å². The number of hydrogen-bond donors (Lipinski definition) is 1. The van der Waals surface area contributed by atoms with Gasteiger partial charge in [0.15, 0.2) is 5.82 Å². The third kappa shape index (κ3) is 2.90. The van der Waals surface area contributed by atoms with Crippen molar-refractivity contribution in [1.29, 1.82) is 5.26 Å². The summed E-state index contributed by atoms with van der Waals surface area (Å²) in [4.78, 5) is 12.0. The molecule has 0 radical (unpaired) electrons. The molecular formula is C14H7Cl2FN2O. The number of nitrogens with one attached hydrogen (secondary N) is 1. The molecule has 0 saturated heterocycles. The fraction of sp³-hybridized carbons (Fsp3) is 0. The summed E-state index contributed by atoms with van der Waals surface area (Å²) >= 11 is 11.5. The maximum absolute atomic E-state index is 13.7. The van der Waals surface area contributed by atoms with Crippen molar-refractivity contribution in [2.75, 3.05) is 5.32 Å². The Morgan fingerprint density at radius 1 is 1.20 bits per heavy atom. The highest BCUT2D eigenvalue weighted by Crippen LogP contribution is 2.24. The Labute approximate surface area is 124 Å². The molecule has 0 aliphatic heterocycles. The smallest absolute Gasteiger partial charge is 0.258 e. The Hall–Kier alpha value is -2.09. The molecule has 0 aliphatic carbocycles. The van der Waals surface area contributed by atoms with Crippen LogP contribution in [-0.4, -0.2) is 5.91 Å². The zero-order valence-corrected chi connectivity index (χ0v) is 11.5. The zero-order valence-electron chi connectivity index (χ0n) is 9.95. The van der Waals surface area contributed by atoms with Crippen LogP contribution in [0.2, 0.25) is 10.0 Å². The van der Waals surface area contributed by atoms with Crippen LogP contribution in [0.1, 0.15) is 15.9 Å². The SMILES string of the molecule is N#Cc1ccc(Cl)c(NC(=O)c2cccc(Cl)c2F)c1. The fourth-order valence-corrected chi connectivity index (χ4v) is 1.90. The monoisotopic (exact) mass is 308 g/mol. The average molecular weight is 309 g/mol. The van der Waals surface area contributed by atoms with E-state index < -0.39 is 11.7 Å². The van der Waals surface area contributed by atoms with Crippen molar-refractivity contribution in [2.24, 2.45) is 0 Å². The number of hydrogen-bond acceptors (Lipinski definition) is 2. The van der Waals surface area contributed by atoms with Crippen LogP contribution < -0.4 is 5.32 Å². The summed E-state index contributed by atoms with van der Waals surface area (Å²) in [5, 5.41) is 11.4. The van der Waals surface area contributed by atoms with Gasteiger partial charge in [-0.05, 0) is 30.3 Å². The van der Waals surface area contributed by atoms with E-state index in [9.17, 15) is 9.18 Å². The first kappa shape index (κ1) is 14.3.